The zero-order chi connectivity index (χ0) is 12.8. The van der Waals surface area contributed by atoms with Crippen LogP contribution in [0.15, 0.2) is 18.2 Å². The fourth-order valence-corrected chi connectivity index (χ4v) is 1.49. The number of rotatable bonds is 5. The maximum atomic E-state index is 13.1. The molecule has 0 heterocycles. The third-order valence-corrected chi connectivity index (χ3v) is 2.95. The van der Waals surface area contributed by atoms with Crippen molar-refractivity contribution in [1.82, 2.24) is 10.2 Å². The van der Waals surface area contributed by atoms with Gasteiger partial charge in [0.25, 0.3) is 0 Å². The molecule has 0 fully saturated rings. The SMILES string of the molecule is CCN(C)C(=O)CNCc1cccc(F)c1Cl. The number of benzene rings is 1. The summed E-state index contributed by atoms with van der Waals surface area (Å²) in [7, 11) is 1.74. The molecule has 94 valence electrons. The fraction of sp³-hybridized carbons (Fsp3) is 0.417. The van der Waals surface area contributed by atoms with Gasteiger partial charge in [-0.25, -0.2) is 4.39 Å². The lowest BCUT2D eigenvalue weighted by atomic mass is 10.2. The van der Waals surface area contributed by atoms with Crippen molar-refractivity contribution in [2.24, 2.45) is 0 Å². The molecule has 0 aliphatic rings. The van der Waals surface area contributed by atoms with E-state index in [-0.39, 0.29) is 17.5 Å². The van der Waals surface area contributed by atoms with Crippen LogP contribution < -0.4 is 5.32 Å². The minimum absolute atomic E-state index is 0.0000236. The summed E-state index contributed by atoms with van der Waals surface area (Å²) < 4.78 is 13.1. The van der Waals surface area contributed by atoms with Gasteiger partial charge in [0.15, 0.2) is 0 Å². The zero-order valence-electron chi connectivity index (χ0n) is 9.96. The molecule has 1 aromatic rings. The van der Waals surface area contributed by atoms with Crippen molar-refractivity contribution in [2.75, 3.05) is 20.1 Å². The van der Waals surface area contributed by atoms with E-state index in [2.05, 4.69) is 5.32 Å². The Labute approximate surface area is 106 Å². The van der Waals surface area contributed by atoms with Gasteiger partial charge in [-0.2, -0.15) is 0 Å². The van der Waals surface area contributed by atoms with Crippen LogP contribution in [-0.4, -0.2) is 30.9 Å². The summed E-state index contributed by atoms with van der Waals surface area (Å²) in [4.78, 5) is 13.1. The second kappa shape index (κ2) is 6.57. The van der Waals surface area contributed by atoms with Crippen LogP contribution in [-0.2, 0) is 11.3 Å². The number of likely N-dealkylation sites (N-methyl/N-ethyl adjacent to an activating group) is 1. The van der Waals surface area contributed by atoms with E-state index >= 15 is 0 Å². The first kappa shape index (κ1) is 13.9. The second-order valence-corrected chi connectivity index (χ2v) is 4.10. The smallest absolute Gasteiger partial charge is 0.236 e. The van der Waals surface area contributed by atoms with Crippen molar-refractivity contribution in [2.45, 2.75) is 13.5 Å². The summed E-state index contributed by atoms with van der Waals surface area (Å²) in [5.74, 6) is -0.442. The van der Waals surface area contributed by atoms with Crippen molar-refractivity contribution >= 4 is 17.5 Å². The van der Waals surface area contributed by atoms with Gasteiger partial charge >= 0.3 is 0 Å². The molecule has 0 radical (unpaired) electrons. The summed E-state index contributed by atoms with van der Waals surface area (Å²) in [5, 5.41) is 3.05. The summed E-state index contributed by atoms with van der Waals surface area (Å²) in [6, 6.07) is 4.63. The number of hydrogen-bond donors (Lipinski definition) is 1. The zero-order valence-corrected chi connectivity index (χ0v) is 10.7. The Balaban J connectivity index is 2.46. The van der Waals surface area contributed by atoms with E-state index in [0.717, 1.165) is 0 Å². The normalized spacial score (nSPS) is 10.4. The lowest BCUT2D eigenvalue weighted by molar-refractivity contribution is -0.128. The van der Waals surface area contributed by atoms with E-state index < -0.39 is 5.82 Å². The van der Waals surface area contributed by atoms with Gasteiger partial charge in [-0.15, -0.1) is 0 Å². The molecule has 0 atom stereocenters. The Morgan fingerprint density at radius 1 is 1.53 bits per heavy atom. The van der Waals surface area contributed by atoms with Crippen LogP contribution in [0.5, 0.6) is 0 Å². The van der Waals surface area contributed by atoms with Crippen molar-refractivity contribution in [3.63, 3.8) is 0 Å². The van der Waals surface area contributed by atoms with Crippen LogP contribution in [0.1, 0.15) is 12.5 Å². The molecule has 0 unspecified atom stereocenters. The molecule has 1 rings (SSSR count). The Bertz CT molecular complexity index is 398. The predicted molar refractivity (Wildman–Crippen MR) is 66.4 cm³/mol. The third kappa shape index (κ3) is 3.98. The quantitative estimate of drug-likeness (QED) is 0.877. The highest BCUT2D eigenvalue weighted by molar-refractivity contribution is 6.31. The maximum absolute atomic E-state index is 13.1. The lowest BCUT2D eigenvalue weighted by Gasteiger charge is -2.15. The molecule has 5 heteroatoms. The third-order valence-electron chi connectivity index (χ3n) is 2.52. The highest BCUT2D eigenvalue weighted by atomic mass is 35.5. The van der Waals surface area contributed by atoms with E-state index in [1.54, 1.807) is 24.1 Å². The number of amides is 1. The molecule has 1 amide bonds. The molecule has 0 saturated carbocycles. The minimum atomic E-state index is -0.442. The molecule has 1 N–H and O–H groups in total. The lowest BCUT2D eigenvalue weighted by Crippen LogP contribution is -2.35. The molecule has 0 aliphatic carbocycles. The number of halogens is 2. The Kier molecular flexibility index (Phi) is 5.38. The second-order valence-electron chi connectivity index (χ2n) is 3.72. The van der Waals surface area contributed by atoms with E-state index in [1.165, 1.54) is 6.07 Å². The Morgan fingerprint density at radius 3 is 2.88 bits per heavy atom. The van der Waals surface area contributed by atoms with Gasteiger partial charge in [-0.05, 0) is 18.6 Å². The van der Waals surface area contributed by atoms with Gasteiger partial charge in [0, 0.05) is 20.1 Å². The predicted octanol–water partition coefficient (Wildman–Crippen LogP) is 2.05. The van der Waals surface area contributed by atoms with Gasteiger partial charge in [-0.1, -0.05) is 23.7 Å². The van der Waals surface area contributed by atoms with Crippen molar-refractivity contribution in [3.05, 3.63) is 34.6 Å². The standard InChI is InChI=1S/C12H16ClFN2O/c1-3-16(2)11(17)8-15-7-9-5-4-6-10(14)12(9)13/h4-6,15H,3,7-8H2,1-2H3. The van der Waals surface area contributed by atoms with Gasteiger partial charge in [0.1, 0.15) is 5.82 Å². The largest absolute Gasteiger partial charge is 0.345 e. The van der Waals surface area contributed by atoms with Crippen LogP contribution in [0.3, 0.4) is 0 Å². The van der Waals surface area contributed by atoms with E-state index in [0.29, 0.717) is 18.7 Å². The van der Waals surface area contributed by atoms with Crippen LogP contribution in [0.25, 0.3) is 0 Å². The van der Waals surface area contributed by atoms with Crippen molar-refractivity contribution in [1.29, 1.82) is 0 Å². The minimum Gasteiger partial charge on any atom is -0.345 e. The molecular formula is C12H16ClFN2O. The number of carbonyl (C=O) groups excluding carboxylic acids is 1. The monoisotopic (exact) mass is 258 g/mol. The number of hydrogen-bond acceptors (Lipinski definition) is 2. The number of nitrogens with one attached hydrogen (secondary N) is 1. The highest BCUT2D eigenvalue weighted by Gasteiger charge is 2.08. The van der Waals surface area contributed by atoms with E-state index in [1.807, 2.05) is 6.92 Å². The molecule has 17 heavy (non-hydrogen) atoms. The van der Waals surface area contributed by atoms with Crippen LogP contribution in [0, 0.1) is 5.82 Å². The summed E-state index contributed by atoms with van der Waals surface area (Å²) in [6.45, 7) is 3.17. The van der Waals surface area contributed by atoms with E-state index in [4.69, 9.17) is 11.6 Å². The highest BCUT2D eigenvalue weighted by Crippen LogP contribution is 2.19. The van der Waals surface area contributed by atoms with Crippen LogP contribution in [0.4, 0.5) is 4.39 Å². The first-order chi connectivity index (χ1) is 8.06. The Morgan fingerprint density at radius 2 is 2.24 bits per heavy atom. The molecule has 0 bridgehead atoms. The number of nitrogens with zero attached hydrogens (tertiary/aromatic N) is 1. The molecule has 0 spiro atoms. The summed E-state index contributed by atoms with van der Waals surface area (Å²) in [5.41, 5.74) is 0.651. The van der Waals surface area contributed by atoms with Crippen molar-refractivity contribution in [3.8, 4) is 0 Å². The summed E-state index contributed by atoms with van der Waals surface area (Å²) >= 11 is 5.79. The van der Waals surface area contributed by atoms with E-state index in [9.17, 15) is 9.18 Å². The van der Waals surface area contributed by atoms with Gasteiger partial charge < -0.3 is 10.2 Å². The average molecular weight is 259 g/mol. The topological polar surface area (TPSA) is 32.3 Å². The molecule has 1 aromatic carbocycles. The molecule has 0 aromatic heterocycles. The molecule has 0 saturated heterocycles. The van der Waals surface area contributed by atoms with Crippen molar-refractivity contribution < 1.29 is 9.18 Å². The summed E-state index contributed by atoms with van der Waals surface area (Å²) in [6.07, 6.45) is 0. The van der Waals surface area contributed by atoms with Crippen LogP contribution in [0.2, 0.25) is 5.02 Å². The number of carbonyl (C=O) groups is 1. The van der Waals surface area contributed by atoms with Crippen LogP contribution >= 0.6 is 11.6 Å². The first-order valence-corrected chi connectivity index (χ1v) is 5.81. The van der Waals surface area contributed by atoms with Gasteiger partial charge in [0.05, 0.1) is 11.6 Å². The van der Waals surface area contributed by atoms with Gasteiger partial charge in [-0.3, -0.25) is 4.79 Å². The Hall–Kier alpha value is -1.13. The molecule has 0 aliphatic heterocycles. The average Bonchev–Trinajstić information content (AvgIpc) is 2.33. The molecule has 3 nitrogen and oxygen atoms in total. The fourth-order valence-electron chi connectivity index (χ4n) is 1.30. The molecular weight excluding hydrogens is 243 g/mol. The maximum Gasteiger partial charge on any atom is 0.236 e. The van der Waals surface area contributed by atoms with Gasteiger partial charge in [0.2, 0.25) is 5.91 Å². The first-order valence-electron chi connectivity index (χ1n) is 5.43.